The Morgan fingerprint density at radius 3 is 2.23 bits per heavy atom. The number of aromatic nitrogens is 2. The van der Waals surface area contributed by atoms with Crippen LogP contribution in [0.15, 0.2) is 42.6 Å². The molecule has 0 spiro atoms. The molecule has 0 radical (unpaired) electrons. The maximum absolute atomic E-state index is 13.5. The number of rotatable bonds is 5. The third kappa shape index (κ3) is 4.97. The van der Waals surface area contributed by atoms with Gasteiger partial charge in [0, 0.05) is 22.8 Å². The van der Waals surface area contributed by atoms with E-state index in [2.05, 4.69) is 21.8 Å². The normalized spacial score (nSPS) is 12.8. The predicted molar refractivity (Wildman–Crippen MR) is 121 cm³/mol. The fraction of sp³-hybridized carbons (Fsp3) is 0.208. The lowest BCUT2D eigenvalue weighted by Crippen LogP contribution is -2.52. The van der Waals surface area contributed by atoms with E-state index in [9.17, 15) is 23.1 Å². The number of primary amides is 1. The molecule has 182 valence electrons. The van der Waals surface area contributed by atoms with E-state index < -0.39 is 23.2 Å². The average Bonchev–Trinajstić information content (AvgIpc) is 2.82. The lowest BCUT2D eigenvalue weighted by molar-refractivity contribution is -0.255. The summed E-state index contributed by atoms with van der Waals surface area (Å²) in [7, 11) is 2.99. The lowest BCUT2D eigenvalue weighted by Gasteiger charge is -2.28. The molecule has 0 aliphatic carbocycles. The number of nitrogen functional groups attached to an aromatic ring is 1. The van der Waals surface area contributed by atoms with Crippen molar-refractivity contribution in [1.82, 2.24) is 9.97 Å². The van der Waals surface area contributed by atoms with E-state index in [0.717, 1.165) is 12.1 Å². The van der Waals surface area contributed by atoms with E-state index in [4.69, 9.17) is 20.9 Å². The molecular formula is C24H21F3N4O4. The van der Waals surface area contributed by atoms with Gasteiger partial charge in [0.25, 0.3) is 11.5 Å². The summed E-state index contributed by atoms with van der Waals surface area (Å²) in [5.74, 6) is 4.73. The first-order valence-electron chi connectivity index (χ1n) is 9.98. The number of hydrogen-bond donors (Lipinski definition) is 3. The summed E-state index contributed by atoms with van der Waals surface area (Å²) in [5.41, 5.74) is 7.56. The second-order valence-corrected chi connectivity index (χ2v) is 7.44. The van der Waals surface area contributed by atoms with Crippen LogP contribution in [-0.2, 0) is 10.4 Å². The molecule has 1 aromatic heterocycles. The zero-order valence-electron chi connectivity index (χ0n) is 18.9. The molecule has 2 aromatic carbocycles. The van der Waals surface area contributed by atoms with Gasteiger partial charge in [-0.25, -0.2) is 9.97 Å². The highest BCUT2D eigenvalue weighted by Gasteiger charge is 2.60. The van der Waals surface area contributed by atoms with Crippen molar-refractivity contribution in [2.24, 2.45) is 5.73 Å². The Bertz CT molecular complexity index is 1330. The number of carbonyl (C=O) groups excluding carboxylic acids is 1. The molecule has 1 heterocycles. The fourth-order valence-electron chi connectivity index (χ4n) is 3.20. The maximum atomic E-state index is 13.5. The number of alkyl halides is 3. The first-order valence-corrected chi connectivity index (χ1v) is 9.98. The number of benzene rings is 2. The summed E-state index contributed by atoms with van der Waals surface area (Å²) in [6, 6.07) is 8.26. The van der Waals surface area contributed by atoms with Crippen molar-refractivity contribution in [2.45, 2.75) is 18.7 Å². The molecule has 3 aromatic rings. The van der Waals surface area contributed by atoms with Crippen molar-refractivity contribution in [3.63, 3.8) is 0 Å². The number of nitrogens with two attached hydrogens (primary N) is 2. The summed E-state index contributed by atoms with van der Waals surface area (Å²) in [6.07, 6.45) is -4.09. The second kappa shape index (κ2) is 9.52. The molecule has 0 aliphatic heterocycles. The molecule has 1 atom stereocenters. The number of aliphatic hydroxyl groups is 1. The molecule has 0 saturated heterocycles. The monoisotopic (exact) mass is 486 g/mol. The number of anilines is 1. The Kier molecular flexibility index (Phi) is 6.89. The molecule has 5 N–H and O–H groups in total. The number of amides is 1. The van der Waals surface area contributed by atoms with Crippen LogP contribution in [0.2, 0.25) is 0 Å². The fourth-order valence-corrected chi connectivity index (χ4v) is 3.20. The minimum atomic E-state index is -5.34. The van der Waals surface area contributed by atoms with Crippen molar-refractivity contribution < 1.29 is 32.5 Å². The maximum Gasteiger partial charge on any atom is 0.430 e. The third-order valence-electron chi connectivity index (χ3n) is 5.18. The van der Waals surface area contributed by atoms with Gasteiger partial charge in [-0.15, -0.1) is 0 Å². The molecule has 3 rings (SSSR count). The minimum absolute atomic E-state index is 0.00569. The number of carbonyl (C=O) groups is 1. The molecular weight excluding hydrogens is 465 g/mol. The van der Waals surface area contributed by atoms with E-state index in [1.54, 1.807) is 25.1 Å². The Morgan fingerprint density at radius 1 is 1.06 bits per heavy atom. The van der Waals surface area contributed by atoms with Gasteiger partial charge in [-0.2, -0.15) is 13.2 Å². The predicted octanol–water partition coefficient (Wildman–Crippen LogP) is 2.69. The van der Waals surface area contributed by atoms with E-state index in [0.29, 0.717) is 22.6 Å². The molecule has 1 amide bonds. The van der Waals surface area contributed by atoms with Gasteiger partial charge >= 0.3 is 6.18 Å². The molecule has 1 unspecified atom stereocenters. The highest BCUT2D eigenvalue weighted by Crippen LogP contribution is 2.40. The van der Waals surface area contributed by atoms with E-state index in [-0.39, 0.29) is 22.8 Å². The van der Waals surface area contributed by atoms with Crippen molar-refractivity contribution in [1.29, 1.82) is 0 Å². The highest BCUT2D eigenvalue weighted by atomic mass is 19.4. The van der Waals surface area contributed by atoms with Gasteiger partial charge in [-0.05, 0) is 36.6 Å². The van der Waals surface area contributed by atoms with Gasteiger partial charge in [0.05, 0.1) is 26.1 Å². The van der Waals surface area contributed by atoms with Crippen LogP contribution >= 0.6 is 0 Å². The Hall–Kier alpha value is -4.30. The highest BCUT2D eigenvalue weighted by molar-refractivity contribution is 5.86. The van der Waals surface area contributed by atoms with Gasteiger partial charge in [-0.1, -0.05) is 18.1 Å². The van der Waals surface area contributed by atoms with Gasteiger partial charge in [0.15, 0.2) is 11.5 Å². The molecule has 0 saturated carbocycles. The van der Waals surface area contributed by atoms with Crippen LogP contribution in [-0.4, -0.2) is 41.4 Å². The van der Waals surface area contributed by atoms with E-state index in [1.807, 2.05) is 0 Å². The van der Waals surface area contributed by atoms with Crippen LogP contribution in [0.4, 0.5) is 19.0 Å². The smallest absolute Gasteiger partial charge is 0.430 e. The molecule has 8 nitrogen and oxygen atoms in total. The van der Waals surface area contributed by atoms with Crippen LogP contribution in [0.5, 0.6) is 11.5 Å². The summed E-state index contributed by atoms with van der Waals surface area (Å²) in [6.45, 7) is 1.61. The van der Waals surface area contributed by atoms with Crippen LogP contribution in [0.3, 0.4) is 0 Å². The first kappa shape index (κ1) is 25.3. The van der Waals surface area contributed by atoms with Crippen LogP contribution in [0.25, 0.3) is 11.3 Å². The zero-order chi connectivity index (χ0) is 26.0. The summed E-state index contributed by atoms with van der Waals surface area (Å²) in [5, 5.41) is 10.2. The van der Waals surface area contributed by atoms with Gasteiger partial charge in [0.1, 0.15) is 11.5 Å². The van der Waals surface area contributed by atoms with Crippen molar-refractivity contribution in [3.05, 3.63) is 65.0 Å². The molecule has 0 aliphatic rings. The molecule has 11 heteroatoms. The largest absolute Gasteiger partial charge is 0.497 e. The topological polar surface area (TPSA) is 134 Å². The van der Waals surface area contributed by atoms with Crippen molar-refractivity contribution >= 4 is 11.7 Å². The van der Waals surface area contributed by atoms with Crippen LogP contribution < -0.4 is 20.9 Å². The number of hydrogen-bond acceptors (Lipinski definition) is 7. The Labute approximate surface area is 198 Å². The van der Waals surface area contributed by atoms with E-state index >= 15 is 0 Å². The van der Waals surface area contributed by atoms with E-state index in [1.165, 1.54) is 26.5 Å². The van der Waals surface area contributed by atoms with Crippen LogP contribution in [0, 0.1) is 18.8 Å². The third-order valence-corrected chi connectivity index (χ3v) is 5.18. The van der Waals surface area contributed by atoms with Crippen LogP contribution in [0.1, 0.15) is 22.4 Å². The lowest BCUT2D eigenvalue weighted by atomic mass is 9.89. The number of methoxy groups -OCH3 is 2. The number of nitrogens with zero attached hydrogens (tertiary/aromatic N) is 2. The molecule has 0 bridgehead atoms. The Balaban J connectivity index is 2.10. The summed E-state index contributed by atoms with van der Waals surface area (Å²) in [4.78, 5) is 20.0. The quantitative estimate of drug-likeness (QED) is 0.472. The number of halogens is 3. The van der Waals surface area contributed by atoms with Gasteiger partial charge in [-0.3, -0.25) is 4.79 Å². The SMILES string of the molecule is COc1cc(C#Cc2nc(-c3cc(C(O)(C(N)=O)C(F)(F)F)ccc3C)cnc2N)cc(OC)c1. The summed E-state index contributed by atoms with van der Waals surface area (Å²) < 4.78 is 51.0. The standard InChI is InChI=1S/C24H21F3N4O4/c1-13-4-6-15(23(33,22(29)32)24(25,26)27)10-18(13)20-12-30-21(28)19(31-20)7-5-14-8-16(34-2)11-17(9-14)35-3/h4,6,8-12,33H,1-3H3,(H2,28,30)(H2,29,32). The Morgan fingerprint density at radius 2 is 1.69 bits per heavy atom. The van der Waals surface area contributed by atoms with Crippen molar-refractivity contribution in [3.8, 4) is 34.6 Å². The first-order chi connectivity index (χ1) is 16.4. The molecule has 0 fully saturated rings. The van der Waals surface area contributed by atoms with Gasteiger partial charge < -0.3 is 26.0 Å². The summed E-state index contributed by atoms with van der Waals surface area (Å²) >= 11 is 0. The minimum Gasteiger partial charge on any atom is -0.497 e. The zero-order valence-corrected chi connectivity index (χ0v) is 18.9. The molecule has 35 heavy (non-hydrogen) atoms. The average molecular weight is 486 g/mol. The number of aryl methyl sites for hydroxylation is 1. The second-order valence-electron chi connectivity index (χ2n) is 7.44. The van der Waals surface area contributed by atoms with Gasteiger partial charge in [0.2, 0.25) is 0 Å². The van der Waals surface area contributed by atoms with Crippen molar-refractivity contribution in [2.75, 3.05) is 20.0 Å². The number of ether oxygens (including phenoxy) is 2.